The van der Waals surface area contributed by atoms with Gasteiger partial charge in [0, 0.05) is 10.9 Å². The molecule has 0 aliphatic heterocycles. The Morgan fingerprint density at radius 3 is 2.79 bits per heavy atom. The molecule has 1 amide bonds. The molecule has 0 fully saturated rings. The Hall–Kier alpha value is -2.01. The van der Waals surface area contributed by atoms with Crippen LogP contribution in [0.5, 0.6) is 0 Å². The van der Waals surface area contributed by atoms with E-state index >= 15 is 0 Å². The third kappa shape index (κ3) is 3.41. The highest BCUT2D eigenvalue weighted by atomic mass is 35.5. The number of terminal acetylenes is 1. The molecule has 0 atom stereocenters. The van der Waals surface area contributed by atoms with Gasteiger partial charge in [0.1, 0.15) is 5.82 Å². The van der Waals surface area contributed by atoms with Crippen LogP contribution in [0.25, 0.3) is 10.2 Å². The summed E-state index contributed by atoms with van der Waals surface area (Å²) in [5.74, 6) is 0.548. The molecule has 2 aromatic heterocycles. The van der Waals surface area contributed by atoms with Crippen molar-refractivity contribution < 1.29 is 13.6 Å². The summed E-state index contributed by atoms with van der Waals surface area (Å²) in [4.78, 5) is 17.2. The van der Waals surface area contributed by atoms with Crippen LogP contribution in [0.2, 0.25) is 4.34 Å². The molecule has 1 aromatic carbocycles. The molecule has 24 heavy (non-hydrogen) atoms. The molecule has 0 aliphatic carbocycles. The fourth-order valence-corrected chi connectivity index (χ4v) is 4.36. The van der Waals surface area contributed by atoms with Crippen molar-refractivity contribution in [2.45, 2.75) is 13.0 Å². The summed E-state index contributed by atoms with van der Waals surface area (Å²) in [5.41, 5.74) is 0.144. The molecule has 0 spiro atoms. The van der Waals surface area contributed by atoms with Gasteiger partial charge in [-0.3, -0.25) is 4.79 Å². The van der Waals surface area contributed by atoms with Gasteiger partial charge >= 0.3 is 0 Å². The van der Waals surface area contributed by atoms with Crippen molar-refractivity contribution >= 4 is 50.4 Å². The van der Waals surface area contributed by atoms with Gasteiger partial charge in [0.05, 0.1) is 27.5 Å². The average Bonchev–Trinajstić information content (AvgIpc) is 3.03. The summed E-state index contributed by atoms with van der Waals surface area (Å²) in [6, 6.07) is 5.42. The van der Waals surface area contributed by atoms with E-state index < -0.39 is 17.5 Å². The smallest absolute Gasteiger partial charge is 0.253 e. The molecular formula is C16H9ClF2N2OS2. The maximum Gasteiger partial charge on any atom is 0.253 e. The summed E-state index contributed by atoms with van der Waals surface area (Å²) >= 11 is 8.13. The molecule has 0 unspecified atom stereocenters. The van der Waals surface area contributed by atoms with Gasteiger partial charge in [-0.15, -0.1) is 17.8 Å². The number of nitrogens with zero attached hydrogens (tertiary/aromatic N) is 2. The van der Waals surface area contributed by atoms with Gasteiger partial charge in [0.15, 0.2) is 10.6 Å². The molecule has 0 saturated heterocycles. The highest BCUT2D eigenvalue weighted by Gasteiger charge is 2.13. The van der Waals surface area contributed by atoms with Gasteiger partial charge in [0.2, 0.25) is 0 Å². The van der Waals surface area contributed by atoms with Crippen LogP contribution < -0.4 is 4.80 Å². The topological polar surface area (TPSA) is 34.4 Å². The number of benzene rings is 1. The maximum atomic E-state index is 14.1. The normalized spacial score (nSPS) is 11.8. The minimum atomic E-state index is -0.740. The van der Waals surface area contributed by atoms with Gasteiger partial charge in [-0.1, -0.05) is 28.9 Å². The number of fused-ring (bicyclic) bond motifs is 1. The van der Waals surface area contributed by atoms with Crippen LogP contribution in [0.4, 0.5) is 8.78 Å². The van der Waals surface area contributed by atoms with Gasteiger partial charge < -0.3 is 4.57 Å². The lowest BCUT2D eigenvalue weighted by Crippen LogP contribution is -2.17. The number of halogens is 3. The molecule has 0 N–H and O–H groups in total. The summed E-state index contributed by atoms with van der Waals surface area (Å²) in [7, 11) is 0. The van der Waals surface area contributed by atoms with E-state index in [1.165, 1.54) is 22.0 Å². The lowest BCUT2D eigenvalue weighted by Gasteiger charge is -2.01. The first kappa shape index (κ1) is 16.8. The molecule has 3 rings (SSSR count). The first-order valence-electron chi connectivity index (χ1n) is 6.71. The minimum absolute atomic E-state index is 0.0273. The number of carbonyl (C=O) groups excluding carboxylic acids is 1. The van der Waals surface area contributed by atoms with Gasteiger partial charge in [-0.25, -0.2) is 8.78 Å². The van der Waals surface area contributed by atoms with Crippen LogP contribution in [0.15, 0.2) is 29.3 Å². The van der Waals surface area contributed by atoms with Crippen LogP contribution in [0.3, 0.4) is 0 Å². The first-order valence-corrected chi connectivity index (χ1v) is 8.72. The Labute approximate surface area is 148 Å². The monoisotopic (exact) mass is 382 g/mol. The Kier molecular flexibility index (Phi) is 4.81. The Bertz CT molecular complexity index is 1040. The molecule has 8 heteroatoms. The van der Waals surface area contributed by atoms with Crippen LogP contribution in [-0.2, 0) is 17.8 Å². The fraction of sp³-hybridized carbons (Fsp3) is 0.125. The number of hydrogen-bond donors (Lipinski definition) is 0. The zero-order valence-corrected chi connectivity index (χ0v) is 14.4. The molecule has 0 radical (unpaired) electrons. The third-order valence-corrected chi connectivity index (χ3v) is 5.38. The number of rotatable bonds is 3. The van der Waals surface area contributed by atoms with E-state index in [0.717, 1.165) is 22.3 Å². The predicted octanol–water partition coefficient (Wildman–Crippen LogP) is 4.00. The van der Waals surface area contributed by atoms with Crippen molar-refractivity contribution in [3.63, 3.8) is 0 Å². The molecule has 2 heterocycles. The number of aromatic nitrogens is 1. The third-order valence-electron chi connectivity index (χ3n) is 3.12. The highest BCUT2D eigenvalue weighted by Crippen LogP contribution is 2.23. The van der Waals surface area contributed by atoms with Crippen molar-refractivity contribution in [2.75, 3.05) is 0 Å². The molecule has 3 nitrogen and oxygen atoms in total. The molecule has 3 aromatic rings. The standard InChI is InChI=1S/C16H9ClF2N2OS2/c1-2-5-21-15-11(19)6-9(18)7-12(15)24-16(21)20-14(22)8-10-3-4-13(17)23-10/h1,3-4,6-7H,5,8H2. The predicted molar refractivity (Wildman–Crippen MR) is 92.2 cm³/mol. The van der Waals surface area contributed by atoms with Gasteiger partial charge in [0.25, 0.3) is 5.91 Å². The SMILES string of the molecule is C#CCn1c(=NC(=O)Cc2ccc(Cl)s2)sc2cc(F)cc(F)c21. The van der Waals surface area contributed by atoms with Crippen LogP contribution in [-0.4, -0.2) is 10.5 Å². The number of thiophene rings is 1. The van der Waals surface area contributed by atoms with E-state index in [0.29, 0.717) is 9.04 Å². The fourth-order valence-electron chi connectivity index (χ4n) is 2.19. The van der Waals surface area contributed by atoms with Crippen molar-refractivity contribution in [1.29, 1.82) is 0 Å². The van der Waals surface area contributed by atoms with E-state index in [1.807, 2.05) is 0 Å². The van der Waals surface area contributed by atoms with E-state index in [1.54, 1.807) is 12.1 Å². The Balaban J connectivity index is 2.07. The molecular weight excluding hydrogens is 374 g/mol. The van der Waals surface area contributed by atoms with Crippen LogP contribution in [0.1, 0.15) is 4.88 Å². The zero-order valence-electron chi connectivity index (χ0n) is 12.1. The highest BCUT2D eigenvalue weighted by molar-refractivity contribution is 7.16. The summed E-state index contributed by atoms with van der Waals surface area (Å²) in [6.45, 7) is 0.0273. The maximum absolute atomic E-state index is 14.1. The van der Waals surface area contributed by atoms with Crippen LogP contribution >= 0.6 is 34.3 Å². The summed E-state index contributed by atoms with van der Waals surface area (Å²) in [5, 5.41) is 0. The average molecular weight is 383 g/mol. The van der Waals surface area contributed by atoms with E-state index in [4.69, 9.17) is 18.0 Å². The zero-order chi connectivity index (χ0) is 17.3. The lowest BCUT2D eigenvalue weighted by molar-refractivity contribution is -0.117. The number of thiazole rings is 1. The minimum Gasteiger partial charge on any atom is -0.302 e. The van der Waals surface area contributed by atoms with E-state index in [-0.39, 0.29) is 23.3 Å². The number of carbonyl (C=O) groups is 1. The van der Waals surface area contributed by atoms with Crippen molar-refractivity contribution in [3.8, 4) is 12.3 Å². The molecule has 122 valence electrons. The second-order valence-electron chi connectivity index (χ2n) is 4.80. The van der Waals surface area contributed by atoms with Gasteiger partial charge in [-0.05, 0) is 18.2 Å². The number of hydrogen-bond acceptors (Lipinski definition) is 3. The largest absolute Gasteiger partial charge is 0.302 e. The van der Waals surface area contributed by atoms with E-state index in [9.17, 15) is 13.6 Å². The second-order valence-corrected chi connectivity index (χ2v) is 7.61. The van der Waals surface area contributed by atoms with Crippen LogP contribution in [0, 0.1) is 24.0 Å². The lowest BCUT2D eigenvalue weighted by atomic mass is 10.3. The molecule has 0 bridgehead atoms. The van der Waals surface area contributed by atoms with Gasteiger partial charge in [-0.2, -0.15) is 4.99 Å². The Morgan fingerprint density at radius 2 is 2.12 bits per heavy atom. The second kappa shape index (κ2) is 6.85. The van der Waals surface area contributed by atoms with E-state index in [2.05, 4.69) is 10.9 Å². The molecule has 0 aliphatic rings. The summed E-state index contributed by atoms with van der Waals surface area (Å²) in [6.07, 6.45) is 5.40. The van der Waals surface area contributed by atoms with Crippen molar-refractivity contribution in [2.24, 2.45) is 4.99 Å². The van der Waals surface area contributed by atoms with Crippen molar-refractivity contribution in [1.82, 2.24) is 4.57 Å². The summed E-state index contributed by atoms with van der Waals surface area (Å²) < 4.78 is 29.8. The van der Waals surface area contributed by atoms with Crippen molar-refractivity contribution in [3.05, 3.63) is 49.9 Å². The quantitative estimate of drug-likeness (QED) is 0.630. The first-order chi connectivity index (χ1) is 11.5. The Morgan fingerprint density at radius 1 is 1.33 bits per heavy atom. The molecule has 0 saturated carbocycles. The number of amides is 1.